The van der Waals surface area contributed by atoms with E-state index >= 15 is 0 Å². The zero-order valence-corrected chi connectivity index (χ0v) is 15.8. The molecule has 0 aliphatic heterocycles. The Morgan fingerprint density at radius 1 is 1.04 bits per heavy atom. The number of hydrogen-bond acceptors (Lipinski definition) is 4. The Morgan fingerprint density at radius 2 is 1.89 bits per heavy atom. The zero-order valence-electron chi connectivity index (χ0n) is 14.2. The minimum absolute atomic E-state index is 0.314. The van der Waals surface area contributed by atoms with Gasteiger partial charge in [-0.05, 0) is 42.0 Å². The highest BCUT2D eigenvalue weighted by Gasteiger charge is 2.08. The van der Waals surface area contributed by atoms with Gasteiger partial charge in [-0.25, -0.2) is 9.97 Å². The second-order valence-electron chi connectivity index (χ2n) is 5.97. The number of nitrogens with one attached hydrogen (secondary N) is 2. The summed E-state index contributed by atoms with van der Waals surface area (Å²) < 4.78 is 5.84. The van der Waals surface area contributed by atoms with Gasteiger partial charge in [0.1, 0.15) is 18.1 Å². The number of aromatic amines is 1. The van der Waals surface area contributed by atoms with Gasteiger partial charge in [-0.15, -0.1) is 0 Å². The minimum atomic E-state index is 0.314. The molecule has 4 aromatic rings. The monoisotopic (exact) mass is 398 g/mol. The third kappa shape index (κ3) is 4.15. The lowest BCUT2D eigenvalue weighted by Crippen LogP contribution is -2.02. The van der Waals surface area contributed by atoms with Crippen LogP contribution < -0.4 is 10.1 Å². The van der Waals surface area contributed by atoms with Crippen LogP contribution in [0.2, 0.25) is 10.2 Å². The van der Waals surface area contributed by atoms with E-state index in [9.17, 15) is 0 Å². The molecule has 7 heteroatoms. The number of aromatic nitrogens is 3. The second-order valence-corrected chi connectivity index (χ2v) is 6.76. The van der Waals surface area contributed by atoms with Crippen molar-refractivity contribution in [2.75, 3.05) is 5.32 Å². The normalized spacial score (nSPS) is 10.9. The molecule has 0 spiro atoms. The lowest BCUT2D eigenvalue weighted by Gasteiger charge is -2.10. The fourth-order valence-corrected chi connectivity index (χ4v) is 3.04. The van der Waals surface area contributed by atoms with Crippen LogP contribution in [0.5, 0.6) is 5.75 Å². The third-order valence-corrected chi connectivity index (χ3v) is 4.64. The Morgan fingerprint density at radius 3 is 2.70 bits per heavy atom. The van der Waals surface area contributed by atoms with E-state index in [0.717, 1.165) is 22.2 Å². The Balaban J connectivity index is 1.40. The molecule has 4 rings (SSSR count). The highest BCUT2D eigenvalue weighted by atomic mass is 35.5. The van der Waals surface area contributed by atoms with E-state index in [-0.39, 0.29) is 0 Å². The van der Waals surface area contributed by atoms with Gasteiger partial charge < -0.3 is 15.0 Å². The summed E-state index contributed by atoms with van der Waals surface area (Å²) in [4.78, 5) is 11.7. The predicted octanol–water partition coefficient (Wildman–Crippen LogP) is 5.46. The second kappa shape index (κ2) is 7.86. The van der Waals surface area contributed by atoms with E-state index in [1.54, 1.807) is 6.20 Å². The van der Waals surface area contributed by atoms with E-state index in [1.807, 2.05) is 54.7 Å². The Kier molecular flexibility index (Phi) is 5.14. The van der Waals surface area contributed by atoms with Gasteiger partial charge in [0.2, 0.25) is 0 Å². The van der Waals surface area contributed by atoms with Crippen LogP contribution in [-0.2, 0) is 13.2 Å². The summed E-state index contributed by atoms with van der Waals surface area (Å²) in [6.07, 6.45) is 3.64. The summed E-state index contributed by atoms with van der Waals surface area (Å²) in [5.41, 5.74) is 2.95. The molecule has 1 aromatic carbocycles. The highest BCUT2D eigenvalue weighted by molar-refractivity contribution is 6.31. The third-order valence-electron chi connectivity index (χ3n) is 4.12. The van der Waals surface area contributed by atoms with Gasteiger partial charge in [0, 0.05) is 34.9 Å². The molecular weight excluding hydrogens is 383 g/mol. The van der Waals surface area contributed by atoms with Crippen LogP contribution in [0.15, 0.2) is 60.9 Å². The van der Waals surface area contributed by atoms with Crippen LogP contribution in [0.3, 0.4) is 0 Å². The number of nitrogens with zero attached hydrogens (tertiary/aromatic N) is 2. The number of anilines is 1. The Labute approximate surface area is 166 Å². The van der Waals surface area contributed by atoms with Gasteiger partial charge >= 0.3 is 0 Å². The number of hydrogen-bond donors (Lipinski definition) is 2. The molecule has 0 amide bonds. The fraction of sp³-hybridized carbons (Fsp3) is 0.100. The number of benzene rings is 1. The van der Waals surface area contributed by atoms with Crippen molar-refractivity contribution in [3.63, 3.8) is 0 Å². The summed E-state index contributed by atoms with van der Waals surface area (Å²) in [5, 5.41) is 5.29. The van der Waals surface area contributed by atoms with E-state index in [1.165, 1.54) is 0 Å². The number of halogens is 2. The first-order valence-corrected chi connectivity index (χ1v) is 9.13. The van der Waals surface area contributed by atoms with Crippen molar-refractivity contribution in [1.82, 2.24) is 15.0 Å². The van der Waals surface area contributed by atoms with Crippen molar-refractivity contribution in [3.05, 3.63) is 82.2 Å². The summed E-state index contributed by atoms with van der Waals surface area (Å²) in [7, 11) is 0. The molecule has 0 aliphatic carbocycles. The molecule has 0 radical (unpaired) electrons. The number of rotatable bonds is 6. The van der Waals surface area contributed by atoms with Crippen molar-refractivity contribution < 1.29 is 4.74 Å². The number of H-pyrrole nitrogens is 1. The van der Waals surface area contributed by atoms with E-state index in [4.69, 9.17) is 27.9 Å². The van der Waals surface area contributed by atoms with Crippen molar-refractivity contribution >= 4 is 40.1 Å². The maximum absolute atomic E-state index is 6.28. The number of fused-ring (bicyclic) bond motifs is 1. The van der Waals surface area contributed by atoms with Gasteiger partial charge in [-0.3, -0.25) is 0 Å². The Bertz CT molecular complexity index is 1060. The number of ether oxygens (including phenoxy) is 1. The molecule has 5 nitrogen and oxygen atoms in total. The Hall–Kier alpha value is -2.76. The van der Waals surface area contributed by atoms with Crippen LogP contribution in [0.25, 0.3) is 11.0 Å². The lowest BCUT2D eigenvalue weighted by molar-refractivity contribution is 0.307. The standard InChI is InChI=1S/C20H16Cl2N4O/c21-15-5-3-13(4-6-15)10-24-18-8-7-17(19(22)26-18)27-12-14-11-25-20-16(14)2-1-9-23-20/h1-9,11H,10,12H2,(H,23,25)(H,24,26). The lowest BCUT2D eigenvalue weighted by atomic mass is 10.2. The molecule has 3 heterocycles. The highest BCUT2D eigenvalue weighted by Crippen LogP contribution is 2.26. The van der Waals surface area contributed by atoms with Crippen LogP contribution >= 0.6 is 23.2 Å². The first-order chi connectivity index (χ1) is 13.2. The molecular formula is C20H16Cl2N4O. The number of pyridine rings is 2. The van der Waals surface area contributed by atoms with Crippen LogP contribution in [0.1, 0.15) is 11.1 Å². The molecule has 3 aromatic heterocycles. The average Bonchev–Trinajstić information content (AvgIpc) is 3.10. The summed E-state index contributed by atoms with van der Waals surface area (Å²) in [5.74, 6) is 1.21. The molecule has 0 fully saturated rings. The first kappa shape index (κ1) is 17.6. The van der Waals surface area contributed by atoms with Crippen molar-refractivity contribution in [1.29, 1.82) is 0 Å². The van der Waals surface area contributed by atoms with Gasteiger partial charge in [-0.2, -0.15) is 0 Å². The first-order valence-electron chi connectivity index (χ1n) is 8.38. The predicted molar refractivity (Wildman–Crippen MR) is 108 cm³/mol. The van der Waals surface area contributed by atoms with Crippen LogP contribution in [-0.4, -0.2) is 15.0 Å². The van der Waals surface area contributed by atoms with Gasteiger partial charge in [-0.1, -0.05) is 35.3 Å². The molecule has 27 heavy (non-hydrogen) atoms. The SMILES string of the molecule is Clc1ccc(CNc2ccc(OCc3c[nH]c4ncccc34)c(Cl)n2)cc1. The molecule has 0 unspecified atom stereocenters. The molecule has 0 aliphatic rings. The van der Waals surface area contributed by atoms with E-state index < -0.39 is 0 Å². The average molecular weight is 399 g/mol. The molecule has 136 valence electrons. The quantitative estimate of drug-likeness (QED) is 0.423. The minimum Gasteiger partial charge on any atom is -0.486 e. The summed E-state index contributed by atoms with van der Waals surface area (Å²) in [6, 6.07) is 15.2. The zero-order chi connectivity index (χ0) is 18.6. The van der Waals surface area contributed by atoms with Gasteiger partial charge in [0.15, 0.2) is 10.9 Å². The van der Waals surface area contributed by atoms with E-state index in [0.29, 0.717) is 34.9 Å². The smallest absolute Gasteiger partial charge is 0.173 e. The summed E-state index contributed by atoms with van der Waals surface area (Å²) >= 11 is 12.2. The topological polar surface area (TPSA) is 62.8 Å². The molecule has 0 atom stereocenters. The largest absolute Gasteiger partial charge is 0.486 e. The maximum atomic E-state index is 6.28. The maximum Gasteiger partial charge on any atom is 0.173 e. The van der Waals surface area contributed by atoms with Crippen molar-refractivity contribution in [2.45, 2.75) is 13.2 Å². The van der Waals surface area contributed by atoms with Crippen molar-refractivity contribution in [3.8, 4) is 5.75 Å². The molecule has 0 saturated heterocycles. The van der Waals surface area contributed by atoms with Crippen molar-refractivity contribution in [2.24, 2.45) is 0 Å². The van der Waals surface area contributed by atoms with Crippen LogP contribution in [0, 0.1) is 0 Å². The molecule has 2 N–H and O–H groups in total. The van der Waals surface area contributed by atoms with Crippen LogP contribution in [0.4, 0.5) is 5.82 Å². The molecule has 0 saturated carbocycles. The van der Waals surface area contributed by atoms with E-state index in [2.05, 4.69) is 20.3 Å². The summed E-state index contributed by atoms with van der Waals surface area (Å²) in [6.45, 7) is 1.01. The van der Waals surface area contributed by atoms with Gasteiger partial charge in [0.25, 0.3) is 0 Å². The fourth-order valence-electron chi connectivity index (χ4n) is 2.71. The van der Waals surface area contributed by atoms with Gasteiger partial charge in [0.05, 0.1) is 0 Å². The molecule has 0 bridgehead atoms.